The van der Waals surface area contributed by atoms with Gasteiger partial charge in [0, 0.05) is 38.3 Å². The number of morpholine rings is 1. The molecule has 1 heterocycles. The summed E-state index contributed by atoms with van der Waals surface area (Å²) in [5.41, 5.74) is 2.87. The minimum Gasteiger partial charge on any atom is -0.379 e. The van der Waals surface area contributed by atoms with Gasteiger partial charge in [-0.25, -0.2) is 0 Å². The molecule has 0 spiro atoms. The summed E-state index contributed by atoms with van der Waals surface area (Å²) in [6, 6.07) is 17.7. The van der Waals surface area contributed by atoms with Gasteiger partial charge in [-0.15, -0.1) is 0 Å². The van der Waals surface area contributed by atoms with Crippen LogP contribution in [0.4, 0.5) is 5.69 Å². The van der Waals surface area contributed by atoms with Gasteiger partial charge >= 0.3 is 0 Å². The first-order valence-corrected chi connectivity index (χ1v) is 10.7. The van der Waals surface area contributed by atoms with Crippen LogP contribution in [0, 0.1) is 0 Å². The van der Waals surface area contributed by atoms with Crippen molar-refractivity contribution < 1.29 is 14.3 Å². The van der Waals surface area contributed by atoms with Gasteiger partial charge in [-0.05, 0) is 23.3 Å². The van der Waals surface area contributed by atoms with E-state index in [1.165, 1.54) is 0 Å². The quantitative estimate of drug-likeness (QED) is 0.692. The molecule has 1 fully saturated rings. The van der Waals surface area contributed by atoms with Gasteiger partial charge < -0.3 is 15.0 Å². The summed E-state index contributed by atoms with van der Waals surface area (Å²) in [6.45, 7) is 7.28. The third-order valence-corrected chi connectivity index (χ3v) is 5.25. The molecule has 0 radical (unpaired) electrons. The average molecular weight is 410 g/mol. The Morgan fingerprint density at radius 1 is 1.00 bits per heavy atom. The van der Waals surface area contributed by atoms with Crippen LogP contribution in [-0.2, 0) is 27.3 Å². The van der Waals surface area contributed by atoms with E-state index in [4.69, 9.17) is 4.74 Å². The Labute approximate surface area is 178 Å². The highest BCUT2D eigenvalue weighted by Gasteiger charge is 2.15. The summed E-state index contributed by atoms with van der Waals surface area (Å²) in [6.07, 6.45) is 0.782. The van der Waals surface area contributed by atoms with Crippen molar-refractivity contribution in [2.24, 2.45) is 0 Å². The number of hydrogen-bond donors (Lipinski definition) is 1. The van der Waals surface area contributed by atoms with Crippen molar-refractivity contribution in [3.63, 3.8) is 0 Å². The Hall–Kier alpha value is -2.70. The Bertz CT molecular complexity index is 802. The van der Waals surface area contributed by atoms with E-state index in [1.54, 1.807) is 4.90 Å². The van der Waals surface area contributed by atoms with Crippen LogP contribution in [0.2, 0.25) is 0 Å². The smallest absolute Gasteiger partial charge is 0.227 e. The summed E-state index contributed by atoms with van der Waals surface area (Å²) in [5.74, 6) is 0.0919. The molecule has 0 atom stereocenters. The van der Waals surface area contributed by atoms with Gasteiger partial charge in [0.25, 0.3) is 0 Å². The second kappa shape index (κ2) is 11.5. The number of anilines is 1. The summed E-state index contributed by atoms with van der Waals surface area (Å²) in [7, 11) is 0. The third-order valence-electron chi connectivity index (χ3n) is 5.25. The first-order valence-electron chi connectivity index (χ1n) is 10.7. The molecule has 0 aromatic heterocycles. The Kier molecular flexibility index (Phi) is 8.41. The number of amides is 2. The van der Waals surface area contributed by atoms with Gasteiger partial charge in [0.2, 0.25) is 11.8 Å². The maximum Gasteiger partial charge on any atom is 0.227 e. The van der Waals surface area contributed by atoms with E-state index in [-0.39, 0.29) is 11.8 Å². The van der Waals surface area contributed by atoms with Gasteiger partial charge in [-0.1, -0.05) is 49.4 Å². The van der Waals surface area contributed by atoms with Crippen LogP contribution in [-0.4, -0.2) is 56.1 Å². The zero-order valence-corrected chi connectivity index (χ0v) is 17.7. The van der Waals surface area contributed by atoms with Crippen LogP contribution in [0.5, 0.6) is 0 Å². The first kappa shape index (κ1) is 22.0. The number of ether oxygens (including phenoxy) is 1. The van der Waals surface area contributed by atoms with Crippen molar-refractivity contribution in [1.82, 2.24) is 10.2 Å². The summed E-state index contributed by atoms with van der Waals surface area (Å²) in [5, 5.41) is 2.99. The lowest BCUT2D eigenvalue weighted by atomic mass is 10.1. The number of carbonyl (C=O) groups excluding carboxylic acids is 2. The molecule has 2 amide bonds. The van der Waals surface area contributed by atoms with Crippen molar-refractivity contribution in [1.29, 1.82) is 0 Å². The molecule has 1 aliphatic rings. The van der Waals surface area contributed by atoms with Gasteiger partial charge in [0.15, 0.2) is 0 Å². The van der Waals surface area contributed by atoms with Crippen molar-refractivity contribution in [3.8, 4) is 0 Å². The van der Waals surface area contributed by atoms with Crippen LogP contribution in [0.1, 0.15) is 24.5 Å². The molecule has 2 aromatic rings. The number of benzene rings is 2. The molecule has 0 bridgehead atoms. The van der Waals surface area contributed by atoms with Gasteiger partial charge in [0.1, 0.15) is 0 Å². The number of nitrogens with zero attached hydrogens (tertiary/aromatic N) is 2. The molecule has 30 heavy (non-hydrogen) atoms. The standard InChI is InChI=1S/C24H31N3O3/c1-2-24(29)27(19-21-6-4-3-5-7-21)22-10-8-20(9-11-22)18-23(28)25-12-13-26-14-16-30-17-15-26/h3-11H,2,12-19H2,1H3,(H,25,28). The molecular weight excluding hydrogens is 378 g/mol. The zero-order chi connectivity index (χ0) is 21.2. The third kappa shape index (κ3) is 6.68. The molecule has 1 N–H and O–H groups in total. The molecule has 0 aliphatic carbocycles. The van der Waals surface area contributed by atoms with Gasteiger partial charge in [-0.2, -0.15) is 0 Å². The fraction of sp³-hybridized carbons (Fsp3) is 0.417. The van der Waals surface area contributed by atoms with E-state index < -0.39 is 0 Å². The largest absolute Gasteiger partial charge is 0.379 e. The van der Waals surface area contributed by atoms with E-state index >= 15 is 0 Å². The van der Waals surface area contributed by atoms with E-state index in [2.05, 4.69) is 10.2 Å². The fourth-order valence-corrected chi connectivity index (χ4v) is 3.50. The molecule has 1 aliphatic heterocycles. The SMILES string of the molecule is CCC(=O)N(Cc1ccccc1)c1ccc(CC(=O)NCCN2CCOCC2)cc1. The van der Waals surface area contributed by atoms with E-state index in [1.807, 2.05) is 61.5 Å². The molecule has 0 unspecified atom stereocenters. The van der Waals surface area contributed by atoms with Crippen molar-refractivity contribution in [3.05, 3.63) is 65.7 Å². The molecule has 160 valence electrons. The summed E-state index contributed by atoms with van der Waals surface area (Å²) >= 11 is 0. The van der Waals surface area contributed by atoms with Crippen molar-refractivity contribution in [2.45, 2.75) is 26.3 Å². The molecule has 0 saturated carbocycles. The number of rotatable bonds is 9. The number of carbonyl (C=O) groups is 2. The lowest BCUT2D eigenvalue weighted by Gasteiger charge is -2.26. The van der Waals surface area contributed by atoms with Crippen LogP contribution in [0.25, 0.3) is 0 Å². The van der Waals surface area contributed by atoms with Crippen LogP contribution in [0.3, 0.4) is 0 Å². The summed E-state index contributed by atoms with van der Waals surface area (Å²) in [4.78, 5) is 28.8. The second-order valence-corrected chi connectivity index (χ2v) is 7.47. The van der Waals surface area contributed by atoms with Gasteiger partial charge in [0.05, 0.1) is 26.2 Å². The maximum absolute atomic E-state index is 12.5. The number of nitrogens with one attached hydrogen (secondary N) is 1. The van der Waals surface area contributed by atoms with Crippen LogP contribution in [0.15, 0.2) is 54.6 Å². The maximum atomic E-state index is 12.5. The Morgan fingerprint density at radius 2 is 1.70 bits per heavy atom. The lowest BCUT2D eigenvalue weighted by molar-refractivity contribution is -0.120. The zero-order valence-electron chi connectivity index (χ0n) is 17.7. The predicted octanol–water partition coefficient (Wildman–Crippen LogP) is 2.62. The molecule has 1 saturated heterocycles. The minimum atomic E-state index is 0.0155. The second-order valence-electron chi connectivity index (χ2n) is 7.47. The van der Waals surface area contributed by atoms with E-state index in [0.717, 1.165) is 49.7 Å². The van der Waals surface area contributed by atoms with E-state index in [9.17, 15) is 9.59 Å². The minimum absolute atomic E-state index is 0.0155. The molecular formula is C24H31N3O3. The fourth-order valence-electron chi connectivity index (χ4n) is 3.50. The van der Waals surface area contributed by atoms with Crippen LogP contribution < -0.4 is 10.2 Å². The van der Waals surface area contributed by atoms with Crippen LogP contribution >= 0.6 is 0 Å². The molecule has 6 heteroatoms. The average Bonchev–Trinajstić information content (AvgIpc) is 2.79. The highest BCUT2D eigenvalue weighted by atomic mass is 16.5. The highest BCUT2D eigenvalue weighted by molar-refractivity contribution is 5.93. The highest BCUT2D eigenvalue weighted by Crippen LogP contribution is 2.19. The Morgan fingerprint density at radius 3 is 2.37 bits per heavy atom. The molecule has 6 nitrogen and oxygen atoms in total. The summed E-state index contributed by atoms with van der Waals surface area (Å²) < 4.78 is 5.33. The van der Waals surface area contributed by atoms with Crippen molar-refractivity contribution in [2.75, 3.05) is 44.3 Å². The molecule has 3 rings (SSSR count). The lowest BCUT2D eigenvalue weighted by Crippen LogP contribution is -2.41. The van der Waals surface area contributed by atoms with Gasteiger partial charge in [-0.3, -0.25) is 14.5 Å². The predicted molar refractivity (Wildman–Crippen MR) is 118 cm³/mol. The van der Waals surface area contributed by atoms with E-state index in [0.29, 0.717) is 25.9 Å². The van der Waals surface area contributed by atoms with Crippen molar-refractivity contribution >= 4 is 17.5 Å². The first-order chi connectivity index (χ1) is 14.7. The Balaban J connectivity index is 1.53. The molecule has 2 aromatic carbocycles. The monoisotopic (exact) mass is 409 g/mol. The number of hydrogen-bond acceptors (Lipinski definition) is 4. The normalized spacial score (nSPS) is 14.3. The topological polar surface area (TPSA) is 61.9 Å².